The summed E-state index contributed by atoms with van der Waals surface area (Å²) in [6.07, 6.45) is 6.71. The van der Waals surface area contributed by atoms with Crippen LogP contribution in [0.5, 0.6) is 0 Å². The Bertz CT molecular complexity index is 506. The van der Waals surface area contributed by atoms with Gasteiger partial charge in [0.25, 0.3) is 0 Å². The maximum atomic E-state index is 6.37. The van der Waals surface area contributed by atoms with Crippen molar-refractivity contribution in [3.05, 3.63) is 48.0 Å². The molecule has 1 spiro atoms. The molecule has 0 bridgehead atoms. The number of rotatable bonds is 3. The van der Waals surface area contributed by atoms with E-state index in [4.69, 9.17) is 9.47 Å². The highest BCUT2D eigenvalue weighted by Crippen LogP contribution is 2.49. The van der Waals surface area contributed by atoms with Gasteiger partial charge < -0.3 is 9.47 Å². The average Bonchev–Trinajstić information content (AvgIpc) is 2.73. The molecule has 114 valence electrons. The van der Waals surface area contributed by atoms with Crippen molar-refractivity contribution in [3.8, 4) is 0 Å². The van der Waals surface area contributed by atoms with E-state index in [0.29, 0.717) is 0 Å². The van der Waals surface area contributed by atoms with Gasteiger partial charge in [0.1, 0.15) is 5.60 Å². The Morgan fingerprint density at radius 1 is 1.19 bits per heavy atom. The molecular formula is C19H26O2. The van der Waals surface area contributed by atoms with Gasteiger partial charge in [-0.2, -0.15) is 0 Å². The highest BCUT2D eigenvalue weighted by Gasteiger charge is 2.54. The van der Waals surface area contributed by atoms with E-state index < -0.39 is 5.79 Å². The minimum atomic E-state index is -0.498. The molecule has 2 fully saturated rings. The predicted molar refractivity (Wildman–Crippen MR) is 85.1 cm³/mol. The van der Waals surface area contributed by atoms with Crippen LogP contribution in [0, 0.1) is 0 Å². The first-order valence-electron chi connectivity index (χ1n) is 8.12. The third kappa shape index (κ3) is 2.93. The summed E-state index contributed by atoms with van der Waals surface area (Å²) in [7, 11) is 0. The molecule has 1 saturated heterocycles. The second-order valence-corrected chi connectivity index (χ2v) is 6.83. The first-order valence-corrected chi connectivity index (χ1v) is 8.12. The van der Waals surface area contributed by atoms with E-state index in [2.05, 4.69) is 36.9 Å². The summed E-state index contributed by atoms with van der Waals surface area (Å²) in [4.78, 5) is 0. The summed E-state index contributed by atoms with van der Waals surface area (Å²) < 4.78 is 12.6. The van der Waals surface area contributed by atoms with Crippen LogP contribution in [-0.2, 0) is 15.9 Å². The zero-order chi connectivity index (χ0) is 14.9. The molecule has 3 rings (SSSR count). The van der Waals surface area contributed by atoms with Gasteiger partial charge in [0.05, 0.1) is 6.10 Å². The quantitative estimate of drug-likeness (QED) is 0.754. The van der Waals surface area contributed by atoms with Crippen LogP contribution >= 0.6 is 0 Å². The molecule has 0 amide bonds. The summed E-state index contributed by atoms with van der Waals surface area (Å²) >= 11 is 0. The van der Waals surface area contributed by atoms with E-state index in [9.17, 15) is 0 Å². The summed E-state index contributed by atoms with van der Waals surface area (Å²) in [5.41, 5.74) is 2.34. The molecule has 0 aromatic heterocycles. The van der Waals surface area contributed by atoms with Crippen LogP contribution in [0.1, 0.15) is 51.5 Å². The molecule has 0 unspecified atom stereocenters. The van der Waals surface area contributed by atoms with Gasteiger partial charge in [-0.05, 0) is 63.5 Å². The Morgan fingerprint density at radius 2 is 1.95 bits per heavy atom. The van der Waals surface area contributed by atoms with Crippen molar-refractivity contribution in [2.45, 2.75) is 69.9 Å². The zero-order valence-electron chi connectivity index (χ0n) is 13.2. The average molecular weight is 286 g/mol. The van der Waals surface area contributed by atoms with Crippen molar-refractivity contribution in [2.75, 3.05) is 0 Å². The van der Waals surface area contributed by atoms with E-state index in [1.54, 1.807) is 0 Å². The van der Waals surface area contributed by atoms with Crippen molar-refractivity contribution in [3.63, 3.8) is 0 Å². The first-order chi connectivity index (χ1) is 10.0. The summed E-state index contributed by atoms with van der Waals surface area (Å²) in [5.74, 6) is -0.498. The van der Waals surface area contributed by atoms with E-state index >= 15 is 0 Å². The maximum absolute atomic E-state index is 6.37. The topological polar surface area (TPSA) is 18.5 Å². The number of hydrogen-bond donors (Lipinski definition) is 0. The van der Waals surface area contributed by atoms with Gasteiger partial charge in [-0.25, -0.2) is 0 Å². The molecule has 1 saturated carbocycles. The normalized spacial score (nSPS) is 31.7. The molecule has 21 heavy (non-hydrogen) atoms. The third-order valence-electron chi connectivity index (χ3n) is 4.79. The van der Waals surface area contributed by atoms with Crippen LogP contribution in [-0.4, -0.2) is 17.5 Å². The summed E-state index contributed by atoms with van der Waals surface area (Å²) in [6.45, 7) is 8.37. The lowest BCUT2D eigenvalue weighted by molar-refractivity contribution is -0.160. The van der Waals surface area contributed by atoms with Gasteiger partial charge in [-0.15, -0.1) is 0 Å². The van der Waals surface area contributed by atoms with Crippen LogP contribution in [0.2, 0.25) is 0 Å². The van der Waals surface area contributed by atoms with Crippen molar-refractivity contribution in [2.24, 2.45) is 0 Å². The second kappa shape index (κ2) is 5.58. The molecule has 2 aliphatic rings. The van der Waals surface area contributed by atoms with E-state index in [1.165, 1.54) is 24.0 Å². The molecular weight excluding hydrogens is 260 g/mol. The SMILES string of the molecule is C=C1CCCC[C@]12OC(C)(C)O[C@H]2CCc1ccccc1. The Kier molecular flexibility index (Phi) is 3.94. The summed E-state index contributed by atoms with van der Waals surface area (Å²) in [6, 6.07) is 10.6. The van der Waals surface area contributed by atoms with E-state index in [0.717, 1.165) is 25.7 Å². The molecule has 1 aromatic rings. The second-order valence-electron chi connectivity index (χ2n) is 6.83. The van der Waals surface area contributed by atoms with Crippen LogP contribution in [0.4, 0.5) is 0 Å². The standard InChI is InChI=1S/C19H26O2/c1-15-9-7-8-14-19(15)17(20-18(2,3)21-19)13-12-16-10-5-4-6-11-16/h4-6,10-11,17H,1,7-9,12-14H2,2-3H3/t17-,19-/m0/s1. The van der Waals surface area contributed by atoms with Crippen molar-refractivity contribution < 1.29 is 9.47 Å². The minimum Gasteiger partial charge on any atom is -0.344 e. The van der Waals surface area contributed by atoms with Gasteiger partial charge in [-0.3, -0.25) is 0 Å². The Labute approximate surface area is 128 Å². The number of aryl methyl sites for hydroxylation is 1. The fourth-order valence-corrected chi connectivity index (χ4v) is 3.83. The van der Waals surface area contributed by atoms with Crippen LogP contribution in [0.15, 0.2) is 42.5 Å². The smallest absolute Gasteiger partial charge is 0.164 e. The van der Waals surface area contributed by atoms with Crippen LogP contribution < -0.4 is 0 Å². The van der Waals surface area contributed by atoms with Gasteiger partial charge in [-0.1, -0.05) is 36.9 Å². The molecule has 0 N–H and O–H groups in total. The van der Waals surface area contributed by atoms with Gasteiger partial charge in [0.15, 0.2) is 5.79 Å². The van der Waals surface area contributed by atoms with Crippen molar-refractivity contribution in [1.82, 2.24) is 0 Å². The Balaban J connectivity index is 1.76. The number of ether oxygens (including phenoxy) is 2. The molecule has 2 nitrogen and oxygen atoms in total. The van der Waals surface area contributed by atoms with Crippen molar-refractivity contribution >= 4 is 0 Å². The summed E-state index contributed by atoms with van der Waals surface area (Å²) in [5, 5.41) is 0. The molecule has 2 atom stereocenters. The molecule has 0 radical (unpaired) electrons. The Hall–Kier alpha value is -1.12. The fraction of sp³-hybridized carbons (Fsp3) is 0.579. The van der Waals surface area contributed by atoms with Crippen LogP contribution in [0.3, 0.4) is 0 Å². The maximum Gasteiger partial charge on any atom is 0.164 e. The number of benzene rings is 1. The molecule has 1 heterocycles. The minimum absolute atomic E-state index is 0.125. The predicted octanol–water partition coefficient (Wildman–Crippen LogP) is 4.64. The first kappa shape index (κ1) is 14.8. The van der Waals surface area contributed by atoms with Gasteiger partial charge in [0.2, 0.25) is 0 Å². The number of hydrogen-bond acceptors (Lipinski definition) is 2. The molecule has 2 heteroatoms. The fourth-order valence-electron chi connectivity index (χ4n) is 3.83. The van der Waals surface area contributed by atoms with Gasteiger partial charge in [0, 0.05) is 0 Å². The van der Waals surface area contributed by atoms with Crippen molar-refractivity contribution in [1.29, 1.82) is 0 Å². The highest BCUT2D eigenvalue weighted by molar-refractivity contribution is 5.23. The van der Waals surface area contributed by atoms with Gasteiger partial charge >= 0.3 is 0 Å². The third-order valence-corrected chi connectivity index (χ3v) is 4.79. The largest absolute Gasteiger partial charge is 0.344 e. The van der Waals surface area contributed by atoms with E-state index in [-0.39, 0.29) is 11.7 Å². The van der Waals surface area contributed by atoms with E-state index in [1.807, 2.05) is 13.8 Å². The lowest BCUT2D eigenvalue weighted by Gasteiger charge is -2.38. The van der Waals surface area contributed by atoms with Crippen LogP contribution in [0.25, 0.3) is 0 Å². The lowest BCUT2D eigenvalue weighted by Crippen LogP contribution is -2.44. The molecule has 1 aromatic carbocycles. The zero-order valence-corrected chi connectivity index (χ0v) is 13.2. The molecule has 1 aliphatic heterocycles. The Morgan fingerprint density at radius 3 is 2.67 bits per heavy atom. The monoisotopic (exact) mass is 286 g/mol. The molecule has 1 aliphatic carbocycles. The highest BCUT2D eigenvalue weighted by atomic mass is 16.8. The lowest BCUT2D eigenvalue weighted by atomic mass is 9.76.